The van der Waals surface area contributed by atoms with Crippen LogP contribution < -0.4 is 0 Å². The molecule has 3 nitrogen and oxygen atoms in total. The lowest BCUT2D eigenvalue weighted by molar-refractivity contribution is 0.0691. The molecule has 0 saturated heterocycles. The van der Waals surface area contributed by atoms with Gasteiger partial charge in [0.2, 0.25) is 0 Å². The number of benzene rings is 1. The van der Waals surface area contributed by atoms with E-state index in [1.54, 1.807) is 0 Å². The zero-order valence-electron chi connectivity index (χ0n) is 7.38. The van der Waals surface area contributed by atoms with Gasteiger partial charge in [-0.3, -0.25) is 0 Å². The third-order valence-corrected chi connectivity index (χ3v) is 2.40. The molecule has 0 heterocycles. The second-order valence-electron chi connectivity index (χ2n) is 2.66. The number of halogens is 2. The SMILES string of the molecule is COCc1cc(C(=O)O)c(F)cc1Br. The van der Waals surface area contributed by atoms with Crippen molar-refractivity contribution in [2.75, 3.05) is 7.11 Å². The van der Waals surface area contributed by atoms with Crippen molar-refractivity contribution < 1.29 is 19.0 Å². The van der Waals surface area contributed by atoms with Crippen LogP contribution in [0.2, 0.25) is 0 Å². The van der Waals surface area contributed by atoms with Crippen LogP contribution in [0.3, 0.4) is 0 Å². The Labute approximate surface area is 88.6 Å². The van der Waals surface area contributed by atoms with Crippen LogP contribution in [0.15, 0.2) is 16.6 Å². The summed E-state index contributed by atoms with van der Waals surface area (Å²) in [6, 6.07) is 2.38. The monoisotopic (exact) mass is 262 g/mol. The summed E-state index contributed by atoms with van der Waals surface area (Å²) in [6.07, 6.45) is 0. The standard InChI is InChI=1S/C9H8BrFO3/c1-14-4-5-2-6(9(12)13)8(11)3-7(5)10/h2-3H,4H2,1H3,(H,12,13). The van der Waals surface area contributed by atoms with Gasteiger partial charge < -0.3 is 9.84 Å². The molecule has 0 aliphatic carbocycles. The van der Waals surface area contributed by atoms with E-state index in [9.17, 15) is 9.18 Å². The highest BCUT2D eigenvalue weighted by atomic mass is 79.9. The van der Waals surface area contributed by atoms with Gasteiger partial charge in [0, 0.05) is 11.6 Å². The van der Waals surface area contributed by atoms with Crippen LogP contribution in [-0.4, -0.2) is 18.2 Å². The van der Waals surface area contributed by atoms with Gasteiger partial charge in [-0.25, -0.2) is 9.18 Å². The molecule has 0 aliphatic rings. The first-order chi connectivity index (χ1) is 6.56. The average Bonchev–Trinajstić information content (AvgIpc) is 2.09. The quantitative estimate of drug-likeness (QED) is 0.910. The summed E-state index contributed by atoms with van der Waals surface area (Å²) in [5.74, 6) is -2.04. The second kappa shape index (κ2) is 4.52. The molecular weight excluding hydrogens is 255 g/mol. The number of carboxylic acid groups (broad SMARTS) is 1. The summed E-state index contributed by atoms with van der Waals surface area (Å²) in [4.78, 5) is 10.6. The molecule has 0 radical (unpaired) electrons. The molecule has 0 aliphatic heterocycles. The maximum atomic E-state index is 13.1. The number of aromatic carboxylic acids is 1. The fraction of sp³-hybridized carbons (Fsp3) is 0.222. The van der Waals surface area contributed by atoms with E-state index >= 15 is 0 Å². The van der Waals surface area contributed by atoms with Crippen LogP contribution in [0.4, 0.5) is 4.39 Å². The Balaban J connectivity index is 3.20. The van der Waals surface area contributed by atoms with Gasteiger partial charge in [0.25, 0.3) is 0 Å². The first-order valence-corrected chi connectivity index (χ1v) is 4.55. The lowest BCUT2D eigenvalue weighted by Crippen LogP contribution is -2.03. The van der Waals surface area contributed by atoms with E-state index in [4.69, 9.17) is 9.84 Å². The van der Waals surface area contributed by atoms with Crippen LogP contribution in [0.1, 0.15) is 15.9 Å². The van der Waals surface area contributed by atoms with Gasteiger partial charge in [0.1, 0.15) is 5.82 Å². The van der Waals surface area contributed by atoms with Crippen LogP contribution in [-0.2, 0) is 11.3 Å². The number of rotatable bonds is 3. The van der Waals surface area contributed by atoms with Crippen molar-refractivity contribution in [2.24, 2.45) is 0 Å². The molecule has 76 valence electrons. The second-order valence-corrected chi connectivity index (χ2v) is 3.52. The van der Waals surface area contributed by atoms with Crippen molar-refractivity contribution in [1.29, 1.82) is 0 Å². The largest absolute Gasteiger partial charge is 0.478 e. The van der Waals surface area contributed by atoms with Crippen LogP contribution in [0.25, 0.3) is 0 Å². The topological polar surface area (TPSA) is 46.5 Å². The molecule has 0 aromatic heterocycles. The van der Waals surface area contributed by atoms with E-state index in [-0.39, 0.29) is 12.2 Å². The van der Waals surface area contributed by atoms with E-state index in [2.05, 4.69) is 15.9 Å². The predicted molar refractivity (Wildman–Crippen MR) is 51.8 cm³/mol. The minimum Gasteiger partial charge on any atom is -0.478 e. The molecule has 0 saturated carbocycles. The molecule has 1 N–H and O–H groups in total. The number of hydrogen-bond donors (Lipinski definition) is 1. The number of hydrogen-bond acceptors (Lipinski definition) is 2. The molecule has 0 amide bonds. The van der Waals surface area contributed by atoms with Gasteiger partial charge in [0.05, 0.1) is 12.2 Å². The highest BCUT2D eigenvalue weighted by Crippen LogP contribution is 2.22. The summed E-state index contributed by atoms with van der Waals surface area (Å²) < 4.78 is 18.4. The van der Waals surface area contributed by atoms with Gasteiger partial charge in [-0.05, 0) is 17.7 Å². The van der Waals surface area contributed by atoms with Gasteiger partial charge in [0.15, 0.2) is 0 Å². The molecule has 14 heavy (non-hydrogen) atoms. The zero-order chi connectivity index (χ0) is 10.7. The molecule has 0 fully saturated rings. The smallest absolute Gasteiger partial charge is 0.338 e. The maximum Gasteiger partial charge on any atom is 0.338 e. The Kier molecular flexibility index (Phi) is 3.60. The third-order valence-electron chi connectivity index (χ3n) is 1.67. The molecule has 1 rings (SSSR count). The number of carboxylic acids is 1. The molecule has 1 aromatic rings. The first kappa shape index (κ1) is 11.1. The number of carbonyl (C=O) groups is 1. The van der Waals surface area contributed by atoms with E-state index < -0.39 is 11.8 Å². The van der Waals surface area contributed by atoms with Crippen molar-refractivity contribution in [3.05, 3.63) is 33.5 Å². The van der Waals surface area contributed by atoms with E-state index in [1.807, 2.05) is 0 Å². The predicted octanol–water partition coefficient (Wildman–Crippen LogP) is 2.43. The van der Waals surface area contributed by atoms with Crippen LogP contribution in [0.5, 0.6) is 0 Å². The minimum absolute atomic E-state index is 0.237. The molecule has 0 spiro atoms. The van der Waals surface area contributed by atoms with E-state index in [0.717, 1.165) is 6.07 Å². The van der Waals surface area contributed by atoms with Crippen LogP contribution >= 0.6 is 15.9 Å². The maximum absolute atomic E-state index is 13.1. The molecule has 5 heteroatoms. The summed E-state index contributed by atoms with van der Waals surface area (Å²) in [6.45, 7) is 0.237. The summed E-state index contributed by atoms with van der Waals surface area (Å²) in [7, 11) is 1.48. The lowest BCUT2D eigenvalue weighted by atomic mass is 10.1. The summed E-state index contributed by atoms with van der Waals surface area (Å²) >= 11 is 3.12. The fourth-order valence-corrected chi connectivity index (χ4v) is 1.45. The Morgan fingerprint density at radius 2 is 2.29 bits per heavy atom. The van der Waals surface area contributed by atoms with Gasteiger partial charge in [-0.2, -0.15) is 0 Å². The van der Waals surface area contributed by atoms with Crippen LogP contribution in [0, 0.1) is 5.82 Å². The Morgan fingerprint density at radius 3 is 2.79 bits per heavy atom. The van der Waals surface area contributed by atoms with Crippen molar-refractivity contribution >= 4 is 21.9 Å². The molecule has 0 atom stereocenters. The first-order valence-electron chi connectivity index (χ1n) is 3.76. The lowest BCUT2D eigenvalue weighted by Gasteiger charge is -2.05. The van der Waals surface area contributed by atoms with E-state index in [1.165, 1.54) is 13.2 Å². The number of ether oxygens (including phenoxy) is 1. The van der Waals surface area contributed by atoms with Crippen molar-refractivity contribution in [3.63, 3.8) is 0 Å². The minimum atomic E-state index is -1.28. The molecule has 1 aromatic carbocycles. The molecule has 0 unspecified atom stereocenters. The van der Waals surface area contributed by atoms with Crippen molar-refractivity contribution in [1.82, 2.24) is 0 Å². The molecular formula is C9H8BrFO3. The fourth-order valence-electron chi connectivity index (χ4n) is 1.02. The Hall–Kier alpha value is -0.940. The van der Waals surface area contributed by atoms with E-state index in [0.29, 0.717) is 10.0 Å². The van der Waals surface area contributed by atoms with Gasteiger partial charge in [-0.1, -0.05) is 15.9 Å². The summed E-state index contributed by atoms with van der Waals surface area (Å²) in [5, 5.41) is 8.65. The van der Waals surface area contributed by atoms with Gasteiger partial charge >= 0.3 is 5.97 Å². The molecule has 0 bridgehead atoms. The summed E-state index contributed by atoms with van der Waals surface area (Å²) in [5.41, 5.74) is 0.256. The Morgan fingerprint density at radius 1 is 1.64 bits per heavy atom. The Bertz CT molecular complexity index is 365. The van der Waals surface area contributed by atoms with Gasteiger partial charge in [-0.15, -0.1) is 0 Å². The highest BCUT2D eigenvalue weighted by molar-refractivity contribution is 9.10. The third kappa shape index (κ3) is 2.30. The number of methoxy groups -OCH3 is 1. The highest BCUT2D eigenvalue weighted by Gasteiger charge is 2.13. The average molecular weight is 263 g/mol. The zero-order valence-corrected chi connectivity index (χ0v) is 8.97. The van der Waals surface area contributed by atoms with Crippen molar-refractivity contribution in [3.8, 4) is 0 Å². The normalized spacial score (nSPS) is 10.2. The van der Waals surface area contributed by atoms with Crippen molar-refractivity contribution in [2.45, 2.75) is 6.61 Å².